The Morgan fingerprint density at radius 1 is 1.08 bits per heavy atom. The molecule has 26 heavy (non-hydrogen) atoms. The van der Waals surface area contributed by atoms with Crippen molar-refractivity contribution in [1.29, 1.82) is 0 Å². The molecule has 2 aromatic rings. The molecule has 0 saturated carbocycles. The summed E-state index contributed by atoms with van der Waals surface area (Å²) in [6.45, 7) is -3.01. The Morgan fingerprint density at radius 3 is 2.19 bits per heavy atom. The molecule has 1 N–H and O–H groups in total. The molecule has 0 aliphatic rings. The van der Waals surface area contributed by atoms with Gasteiger partial charge in [-0.05, 0) is 42.5 Å². The predicted octanol–water partition coefficient (Wildman–Crippen LogP) is 4.63. The van der Waals surface area contributed by atoms with Crippen LogP contribution in [0.25, 0.3) is 0 Å². The number of hydrogen-bond donors (Lipinski definition) is 1. The zero-order valence-electron chi connectivity index (χ0n) is 13.8. The fourth-order valence-electron chi connectivity index (χ4n) is 2.14. The van der Waals surface area contributed by atoms with Gasteiger partial charge in [0.05, 0.1) is 11.3 Å². The number of ether oxygens (including phenoxy) is 1. The lowest BCUT2D eigenvalue weighted by Gasteiger charge is -2.18. The maximum absolute atomic E-state index is 13.3. The van der Waals surface area contributed by atoms with Gasteiger partial charge in [0.2, 0.25) is 0 Å². The smallest absolute Gasteiger partial charge is 0.418 e. The molecule has 0 atom stereocenters. The third-order valence-electron chi connectivity index (χ3n) is 3.41. The number of nitrogens with zero attached hydrogens (tertiary/aromatic N) is 1. The molecule has 0 aliphatic carbocycles. The topological polar surface area (TPSA) is 41.6 Å². The van der Waals surface area contributed by atoms with Gasteiger partial charge >= 0.3 is 12.8 Å². The van der Waals surface area contributed by atoms with Gasteiger partial charge in [0, 0.05) is 25.3 Å². The van der Waals surface area contributed by atoms with E-state index in [1.165, 1.54) is 23.1 Å². The van der Waals surface area contributed by atoms with Gasteiger partial charge in [-0.3, -0.25) is 4.79 Å². The number of amides is 1. The van der Waals surface area contributed by atoms with Crippen molar-refractivity contribution in [3.05, 3.63) is 53.6 Å². The molecule has 1 amide bonds. The molecule has 140 valence electrons. The fraction of sp³-hybridized carbons (Fsp3) is 0.235. The minimum atomic E-state index is -4.66. The summed E-state index contributed by atoms with van der Waals surface area (Å²) >= 11 is 0. The van der Waals surface area contributed by atoms with Crippen LogP contribution >= 0.6 is 0 Å². The van der Waals surface area contributed by atoms with Gasteiger partial charge < -0.3 is 15.0 Å². The van der Waals surface area contributed by atoms with Crippen LogP contribution in [0.2, 0.25) is 0 Å². The second-order valence-corrected chi connectivity index (χ2v) is 5.48. The van der Waals surface area contributed by atoms with E-state index in [0.29, 0.717) is 5.69 Å². The van der Waals surface area contributed by atoms with Crippen molar-refractivity contribution in [2.24, 2.45) is 0 Å². The van der Waals surface area contributed by atoms with Crippen LogP contribution in [0.3, 0.4) is 0 Å². The van der Waals surface area contributed by atoms with Crippen molar-refractivity contribution >= 4 is 17.3 Å². The summed E-state index contributed by atoms with van der Waals surface area (Å²) in [5, 5.41) is 2.19. The SMILES string of the molecule is CN(C)c1ccc(NC(=O)c2ccc(OC(F)F)cc2)c(C(F)(F)F)c1. The zero-order chi connectivity index (χ0) is 19.5. The van der Waals surface area contributed by atoms with Crippen molar-refractivity contribution < 1.29 is 31.5 Å². The van der Waals surface area contributed by atoms with E-state index in [9.17, 15) is 26.7 Å². The lowest BCUT2D eigenvalue weighted by Crippen LogP contribution is -2.18. The Bertz CT molecular complexity index is 774. The molecule has 0 saturated heterocycles. The van der Waals surface area contributed by atoms with E-state index in [-0.39, 0.29) is 11.3 Å². The van der Waals surface area contributed by atoms with Crippen molar-refractivity contribution in [1.82, 2.24) is 0 Å². The number of anilines is 2. The zero-order valence-corrected chi connectivity index (χ0v) is 13.8. The van der Waals surface area contributed by atoms with E-state index in [2.05, 4.69) is 10.1 Å². The summed E-state index contributed by atoms with van der Waals surface area (Å²) < 4.78 is 68.1. The van der Waals surface area contributed by atoms with Gasteiger partial charge in [0.25, 0.3) is 5.91 Å². The normalized spacial score (nSPS) is 11.4. The van der Waals surface area contributed by atoms with E-state index in [1.807, 2.05) is 0 Å². The van der Waals surface area contributed by atoms with Crippen LogP contribution in [0.1, 0.15) is 15.9 Å². The summed E-state index contributed by atoms with van der Waals surface area (Å²) in [5.41, 5.74) is -1.07. The quantitative estimate of drug-likeness (QED) is 0.777. The second kappa shape index (κ2) is 7.59. The van der Waals surface area contributed by atoms with Crippen LogP contribution in [-0.4, -0.2) is 26.6 Å². The average molecular weight is 374 g/mol. The molecule has 2 rings (SSSR count). The standard InChI is InChI=1S/C17H15F5N2O2/c1-24(2)11-5-8-14(13(9-11)17(20,21)22)23-15(25)10-3-6-12(7-4-10)26-16(18)19/h3-9,16H,1-2H3,(H,23,25). The molecule has 0 heterocycles. The first kappa shape index (κ1) is 19.5. The van der Waals surface area contributed by atoms with Crippen LogP contribution in [0.15, 0.2) is 42.5 Å². The highest BCUT2D eigenvalue weighted by molar-refractivity contribution is 6.04. The molecule has 0 aliphatic heterocycles. The third-order valence-corrected chi connectivity index (χ3v) is 3.41. The molecular formula is C17H15F5N2O2. The predicted molar refractivity (Wildman–Crippen MR) is 86.8 cm³/mol. The number of benzene rings is 2. The summed E-state index contributed by atoms with van der Waals surface area (Å²) in [6, 6.07) is 8.12. The molecule has 4 nitrogen and oxygen atoms in total. The minimum Gasteiger partial charge on any atom is -0.435 e. The minimum absolute atomic E-state index is 0.00331. The molecule has 2 aromatic carbocycles. The number of alkyl halides is 5. The van der Waals surface area contributed by atoms with Crippen molar-refractivity contribution in [2.75, 3.05) is 24.3 Å². The molecular weight excluding hydrogens is 359 g/mol. The highest BCUT2D eigenvalue weighted by Crippen LogP contribution is 2.37. The number of nitrogens with one attached hydrogen (secondary N) is 1. The second-order valence-electron chi connectivity index (χ2n) is 5.48. The Kier molecular flexibility index (Phi) is 5.69. The van der Waals surface area contributed by atoms with Crippen LogP contribution in [0.4, 0.5) is 33.3 Å². The first-order valence-electron chi connectivity index (χ1n) is 7.32. The Morgan fingerprint density at radius 2 is 1.69 bits per heavy atom. The number of carbonyl (C=O) groups excluding carboxylic acids is 1. The highest BCUT2D eigenvalue weighted by Gasteiger charge is 2.34. The molecule has 9 heteroatoms. The first-order valence-corrected chi connectivity index (χ1v) is 7.32. The largest absolute Gasteiger partial charge is 0.435 e. The van der Waals surface area contributed by atoms with Crippen LogP contribution in [0.5, 0.6) is 5.75 Å². The lowest BCUT2D eigenvalue weighted by atomic mass is 10.1. The molecule has 0 fully saturated rings. The van der Waals surface area contributed by atoms with E-state index < -0.39 is 29.9 Å². The molecule has 0 spiro atoms. The average Bonchev–Trinajstić information content (AvgIpc) is 2.54. The van der Waals surface area contributed by atoms with Gasteiger partial charge in [-0.15, -0.1) is 0 Å². The molecule has 0 bridgehead atoms. The van der Waals surface area contributed by atoms with Gasteiger partial charge in [-0.1, -0.05) is 0 Å². The summed E-state index contributed by atoms with van der Waals surface area (Å²) in [4.78, 5) is 13.7. The van der Waals surface area contributed by atoms with Crippen LogP contribution < -0.4 is 15.0 Å². The first-order chi connectivity index (χ1) is 12.1. The number of hydrogen-bond acceptors (Lipinski definition) is 3. The lowest BCUT2D eigenvalue weighted by molar-refractivity contribution is -0.136. The Balaban J connectivity index is 2.25. The van der Waals surface area contributed by atoms with Gasteiger partial charge in [0.1, 0.15) is 5.75 Å². The summed E-state index contributed by atoms with van der Waals surface area (Å²) in [6.07, 6.45) is -4.66. The molecule has 0 unspecified atom stereocenters. The molecule has 0 radical (unpaired) electrons. The maximum atomic E-state index is 13.3. The highest BCUT2D eigenvalue weighted by atomic mass is 19.4. The molecule has 0 aromatic heterocycles. The fourth-order valence-corrected chi connectivity index (χ4v) is 2.14. The Labute approximate surface area is 146 Å². The van der Waals surface area contributed by atoms with Crippen LogP contribution in [0, 0.1) is 0 Å². The maximum Gasteiger partial charge on any atom is 0.418 e. The van der Waals surface area contributed by atoms with Crippen molar-refractivity contribution in [3.63, 3.8) is 0 Å². The number of rotatable bonds is 5. The van der Waals surface area contributed by atoms with E-state index in [1.54, 1.807) is 14.1 Å². The third kappa shape index (κ3) is 4.84. The van der Waals surface area contributed by atoms with E-state index in [4.69, 9.17) is 0 Å². The van der Waals surface area contributed by atoms with E-state index >= 15 is 0 Å². The summed E-state index contributed by atoms with van der Waals surface area (Å²) in [7, 11) is 3.19. The van der Waals surface area contributed by atoms with Crippen LogP contribution in [-0.2, 0) is 6.18 Å². The Hall–Kier alpha value is -2.84. The van der Waals surface area contributed by atoms with Gasteiger partial charge in [-0.2, -0.15) is 22.0 Å². The summed E-state index contributed by atoms with van der Waals surface area (Å²) in [5.74, 6) is -0.973. The number of carbonyl (C=O) groups is 1. The van der Waals surface area contributed by atoms with Crippen molar-refractivity contribution in [3.8, 4) is 5.75 Å². The monoisotopic (exact) mass is 374 g/mol. The van der Waals surface area contributed by atoms with Crippen molar-refractivity contribution in [2.45, 2.75) is 12.8 Å². The van der Waals surface area contributed by atoms with Gasteiger partial charge in [0.15, 0.2) is 0 Å². The van der Waals surface area contributed by atoms with E-state index in [0.717, 1.165) is 24.3 Å². The number of halogens is 5. The van der Waals surface area contributed by atoms with Gasteiger partial charge in [-0.25, -0.2) is 0 Å².